The molecule has 0 saturated carbocycles. The minimum atomic E-state index is -0.0877. The molecule has 2 rings (SSSR count). The lowest BCUT2D eigenvalue weighted by molar-refractivity contribution is 0.103. The highest BCUT2D eigenvalue weighted by Crippen LogP contribution is 2.29. The van der Waals surface area contributed by atoms with Gasteiger partial charge < -0.3 is 13.9 Å². The van der Waals surface area contributed by atoms with Gasteiger partial charge >= 0.3 is 0 Å². The molecule has 0 saturated heterocycles. The van der Waals surface area contributed by atoms with Crippen molar-refractivity contribution in [2.75, 3.05) is 14.2 Å². The minimum Gasteiger partial charge on any atom is -0.493 e. The molecule has 1 aromatic carbocycles. The maximum absolute atomic E-state index is 12.4. The molecule has 1 heterocycles. The standard InChI is InChI=1S/C15H16O4/c1-9-7-12(10(2)19-9)15(16)11-5-6-13(17-3)14(8-11)18-4/h5-8H,1-4H3. The Kier molecular flexibility index (Phi) is 3.60. The van der Waals surface area contributed by atoms with E-state index in [0.29, 0.717) is 28.4 Å². The van der Waals surface area contributed by atoms with Gasteiger partial charge in [-0.25, -0.2) is 0 Å². The summed E-state index contributed by atoms with van der Waals surface area (Å²) in [4.78, 5) is 12.4. The SMILES string of the molecule is COc1ccc(C(=O)c2cc(C)oc2C)cc1OC. The van der Waals surface area contributed by atoms with Gasteiger partial charge in [0, 0.05) is 5.56 Å². The Morgan fingerprint density at radius 1 is 1.05 bits per heavy atom. The number of rotatable bonds is 4. The summed E-state index contributed by atoms with van der Waals surface area (Å²) < 4.78 is 15.7. The largest absolute Gasteiger partial charge is 0.493 e. The summed E-state index contributed by atoms with van der Waals surface area (Å²) in [5.74, 6) is 2.39. The summed E-state index contributed by atoms with van der Waals surface area (Å²) in [6.07, 6.45) is 0. The highest BCUT2D eigenvalue weighted by molar-refractivity contribution is 6.10. The number of ether oxygens (including phenoxy) is 2. The van der Waals surface area contributed by atoms with Crippen LogP contribution < -0.4 is 9.47 Å². The second kappa shape index (κ2) is 5.18. The number of ketones is 1. The number of furan rings is 1. The first-order valence-electron chi connectivity index (χ1n) is 5.90. The van der Waals surface area contributed by atoms with Crippen molar-refractivity contribution >= 4 is 5.78 Å². The third-order valence-corrected chi connectivity index (χ3v) is 2.93. The van der Waals surface area contributed by atoms with E-state index in [2.05, 4.69) is 0 Å². The van der Waals surface area contributed by atoms with E-state index in [9.17, 15) is 4.79 Å². The van der Waals surface area contributed by atoms with Crippen molar-refractivity contribution in [3.05, 3.63) is 46.9 Å². The lowest BCUT2D eigenvalue weighted by Gasteiger charge is -2.08. The van der Waals surface area contributed by atoms with Gasteiger partial charge in [-0.15, -0.1) is 0 Å². The van der Waals surface area contributed by atoms with Crippen LogP contribution in [-0.2, 0) is 0 Å². The molecule has 0 aliphatic heterocycles. The highest BCUT2D eigenvalue weighted by Gasteiger charge is 2.17. The molecule has 0 fully saturated rings. The van der Waals surface area contributed by atoms with Crippen LogP contribution >= 0.6 is 0 Å². The molecule has 0 spiro atoms. The molecule has 0 unspecified atom stereocenters. The number of methoxy groups -OCH3 is 2. The molecule has 4 nitrogen and oxygen atoms in total. The molecule has 0 radical (unpaired) electrons. The molecule has 0 atom stereocenters. The zero-order valence-corrected chi connectivity index (χ0v) is 11.4. The lowest BCUT2D eigenvalue weighted by atomic mass is 10.0. The van der Waals surface area contributed by atoms with E-state index in [-0.39, 0.29) is 5.78 Å². The predicted octanol–water partition coefficient (Wildman–Crippen LogP) is 3.14. The molecule has 0 amide bonds. The number of hydrogen-bond donors (Lipinski definition) is 0. The van der Waals surface area contributed by atoms with E-state index >= 15 is 0 Å². The Hall–Kier alpha value is -2.23. The third kappa shape index (κ3) is 2.47. The molecule has 2 aromatic rings. The van der Waals surface area contributed by atoms with E-state index in [4.69, 9.17) is 13.9 Å². The van der Waals surface area contributed by atoms with Crippen LogP contribution in [0.1, 0.15) is 27.4 Å². The van der Waals surface area contributed by atoms with Gasteiger partial charge in [-0.2, -0.15) is 0 Å². The van der Waals surface area contributed by atoms with Crippen LogP contribution in [0.25, 0.3) is 0 Å². The van der Waals surface area contributed by atoms with E-state index in [1.165, 1.54) is 0 Å². The number of aryl methyl sites for hydroxylation is 2. The molecule has 19 heavy (non-hydrogen) atoms. The Morgan fingerprint density at radius 2 is 1.74 bits per heavy atom. The molecule has 0 bridgehead atoms. The van der Waals surface area contributed by atoms with Crippen LogP contribution in [0.15, 0.2) is 28.7 Å². The lowest BCUT2D eigenvalue weighted by Crippen LogP contribution is -2.02. The van der Waals surface area contributed by atoms with Crippen LogP contribution in [0.5, 0.6) is 11.5 Å². The van der Waals surface area contributed by atoms with Crippen LogP contribution in [0.4, 0.5) is 0 Å². The van der Waals surface area contributed by atoms with Crippen molar-refractivity contribution in [1.29, 1.82) is 0 Å². The van der Waals surface area contributed by atoms with Gasteiger partial charge in [-0.05, 0) is 38.1 Å². The molecule has 4 heteroatoms. The summed E-state index contributed by atoms with van der Waals surface area (Å²) in [6, 6.07) is 6.84. The van der Waals surface area contributed by atoms with Gasteiger partial charge in [0.15, 0.2) is 17.3 Å². The third-order valence-electron chi connectivity index (χ3n) is 2.93. The van der Waals surface area contributed by atoms with Crippen LogP contribution in [-0.4, -0.2) is 20.0 Å². The summed E-state index contributed by atoms with van der Waals surface area (Å²) >= 11 is 0. The zero-order chi connectivity index (χ0) is 14.0. The monoisotopic (exact) mass is 260 g/mol. The fraction of sp³-hybridized carbons (Fsp3) is 0.267. The van der Waals surface area contributed by atoms with Crippen molar-refractivity contribution in [2.24, 2.45) is 0 Å². The van der Waals surface area contributed by atoms with E-state index in [0.717, 1.165) is 5.76 Å². The van der Waals surface area contributed by atoms with Gasteiger partial charge in [0.05, 0.1) is 19.8 Å². The number of carbonyl (C=O) groups is 1. The van der Waals surface area contributed by atoms with Crippen molar-refractivity contribution in [1.82, 2.24) is 0 Å². The van der Waals surface area contributed by atoms with Crippen molar-refractivity contribution in [2.45, 2.75) is 13.8 Å². The Bertz CT molecular complexity index is 611. The second-order valence-electron chi connectivity index (χ2n) is 4.23. The fourth-order valence-electron chi connectivity index (χ4n) is 1.99. The molecular formula is C15H16O4. The Labute approximate surface area is 111 Å². The molecule has 1 aromatic heterocycles. The van der Waals surface area contributed by atoms with Crippen LogP contribution in [0.3, 0.4) is 0 Å². The molecule has 0 aliphatic rings. The van der Waals surface area contributed by atoms with Gasteiger partial charge in [0.25, 0.3) is 0 Å². The van der Waals surface area contributed by atoms with Crippen molar-refractivity contribution in [3.63, 3.8) is 0 Å². The smallest absolute Gasteiger partial charge is 0.196 e. The molecule has 100 valence electrons. The summed E-state index contributed by atoms with van der Waals surface area (Å²) in [6.45, 7) is 3.60. The molecule has 0 N–H and O–H groups in total. The summed E-state index contributed by atoms with van der Waals surface area (Å²) in [5, 5.41) is 0. The van der Waals surface area contributed by atoms with Gasteiger partial charge in [0.2, 0.25) is 0 Å². The van der Waals surface area contributed by atoms with Gasteiger partial charge in [-0.1, -0.05) is 0 Å². The zero-order valence-electron chi connectivity index (χ0n) is 11.4. The number of benzene rings is 1. The average Bonchev–Trinajstić information content (AvgIpc) is 2.76. The van der Waals surface area contributed by atoms with Crippen molar-refractivity contribution in [3.8, 4) is 11.5 Å². The molecule has 0 aliphatic carbocycles. The highest BCUT2D eigenvalue weighted by atomic mass is 16.5. The normalized spacial score (nSPS) is 10.3. The molecular weight excluding hydrogens is 244 g/mol. The van der Waals surface area contributed by atoms with Gasteiger partial charge in [-0.3, -0.25) is 4.79 Å². The maximum atomic E-state index is 12.4. The first kappa shape index (κ1) is 13.2. The fourth-order valence-corrected chi connectivity index (χ4v) is 1.99. The summed E-state index contributed by atoms with van der Waals surface area (Å²) in [7, 11) is 3.10. The Morgan fingerprint density at radius 3 is 2.26 bits per heavy atom. The van der Waals surface area contributed by atoms with Crippen molar-refractivity contribution < 1.29 is 18.7 Å². The maximum Gasteiger partial charge on any atom is 0.196 e. The predicted molar refractivity (Wildman–Crippen MR) is 71.2 cm³/mol. The topological polar surface area (TPSA) is 48.7 Å². The average molecular weight is 260 g/mol. The Balaban J connectivity index is 2.42. The summed E-state index contributed by atoms with van der Waals surface area (Å²) in [5.41, 5.74) is 1.12. The number of hydrogen-bond acceptors (Lipinski definition) is 4. The second-order valence-corrected chi connectivity index (χ2v) is 4.23. The number of carbonyl (C=O) groups excluding carboxylic acids is 1. The first-order valence-corrected chi connectivity index (χ1v) is 5.90. The quantitative estimate of drug-likeness (QED) is 0.792. The van der Waals surface area contributed by atoms with E-state index in [1.807, 2.05) is 6.92 Å². The van der Waals surface area contributed by atoms with Crippen LogP contribution in [0, 0.1) is 13.8 Å². The van der Waals surface area contributed by atoms with Crippen LogP contribution in [0.2, 0.25) is 0 Å². The van der Waals surface area contributed by atoms with Gasteiger partial charge in [0.1, 0.15) is 11.5 Å². The first-order chi connectivity index (χ1) is 9.06. The van der Waals surface area contributed by atoms with E-state index in [1.54, 1.807) is 45.4 Å². The van der Waals surface area contributed by atoms with E-state index < -0.39 is 0 Å². The minimum absolute atomic E-state index is 0.0877.